The van der Waals surface area contributed by atoms with Gasteiger partial charge < -0.3 is 15.4 Å². The molecule has 2 aromatic rings. The quantitative estimate of drug-likeness (QED) is 0.812. The van der Waals surface area contributed by atoms with E-state index in [1.807, 2.05) is 25.1 Å². The number of carbonyl (C=O) groups is 1. The highest BCUT2D eigenvalue weighted by Crippen LogP contribution is 2.22. The molecule has 2 N–H and O–H groups in total. The Morgan fingerprint density at radius 2 is 2.31 bits per heavy atom. The third kappa shape index (κ3) is 6.42. The van der Waals surface area contributed by atoms with Gasteiger partial charge in [0.25, 0.3) is 0 Å². The van der Waals surface area contributed by atoms with Crippen molar-refractivity contribution in [3.8, 4) is 0 Å². The van der Waals surface area contributed by atoms with Crippen molar-refractivity contribution in [2.75, 3.05) is 19.7 Å². The predicted molar refractivity (Wildman–Crippen MR) is 108 cm³/mol. The molecular formula is C20H29N3O2S. The summed E-state index contributed by atoms with van der Waals surface area (Å²) in [7, 11) is 0. The first-order valence-electron chi connectivity index (χ1n) is 9.12. The van der Waals surface area contributed by atoms with Gasteiger partial charge in [-0.1, -0.05) is 31.7 Å². The van der Waals surface area contributed by atoms with Gasteiger partial charge in [-0.15, -0.1) is 11.3 Å². The lowest BCUT2D eigenvalue weighted by Gasteiger charge is -2.29. The zero-order valence-electron chi connectivity index (χ0n) is 15.7. The first-order chi connectivity index (χ1) is 12.5. The van der Waals surface area contributed by atoms with E-state index >= 15 is 0 Å². The first kappa shape index (κ1) is 20.4. The Morgan fingerprint density at radius 1 is 1.54 bits per heavy atom. The Balaban J connectivity index is 0.000000187. The molecule has 0 bridgehead atoms. The van der Waals surface area contributed by atoms with E-state index in [4.69, 9.17) is 10.5 Å². The van der Waals surface area contributed by atoms with Crippen molar-refractivity contribution >= 4 is 27.6 Å². The average Bonchev–Trinajstić information content (AvgIpc) is 3.01. The van der Waals surface area contributed by atoms with E-state index in [1.165, 1.54) is 11.1 Å². The molecule has 0 spiro atoms. The summed E-state index contributed by atoms with van der Waals surface area (Å²) in [5.74, 6) is 0.602. The van der Waals surface area contributed by atoms with E-state index in [2.05, 4.69) is 24.6 Å². The molecule has 6 heteroatoms. The normalized spacial score (nSPS) is 18.0. The molecule has 1 aliphatic rings. The van der Waals surface area contributed by atoms with Crippen molar-refractivity contribution in [3.63, 3.8) is 0 Å². The van der Waals surface area contributed by atoms with E-state index in [0.29, 0.717) is 12.5 Å². The summed E-state index contributed by atoms with van der Waals surface area (Å²) >= 11 is 1.73. The third-order valence-corrected chi connectivity index (χ3v) is 5.13. The molecule has 5 nitrogen and oxygen atoms in total. The molecule has 1 aromatic carbocycles. The molecule has 2 atom stereocenters. The number of likely N-dealkylation sites (tertiary alicyclic amines) is 1. The highest BCUT2D eigenvalue weighted by atomic mass is 32.1. The Labute approximate surface area is 159 Å². The number of benzene rings is 1. The number of nitrogens with two attached hydrogens (primary N) is 1. The van der Waals surface area contributed by atoms with Gasteiger partial charge in [0.05, 0.1) is 15.2 Å². The maximum absolute atomic E-state index is 11.4. The van der Waals surface area contributed by atoms with Crippen molar-refractivity contribution in [1.29, 1.82) is 0 Å². The van der Waals surface area contributed by atoms with Gasteiger partial charge in [0, 0.05) is 25.6 Å². The fraction of sp³-hybridized carbons (Fsp3) is 0.500. The van der Waals surface area contributed by atoms with Crippen LogP contribution in [-0.4, -0.2) is 41.7 Å². The molecule has 2 heterocycles. The van der Waals surface area contributed by atoms with Crippen molar-refractivity contribution < 1.29 is 9.53 Å². The van der Waals surface area contributed by atoms with Crippen LogP contribution >= 0.6 is 11.3 Å². The minimum absolute atomic E-state index is 0.195. The van der Waals surface area contributed by atoms with Crippen LogP contribution in [0.15, 0.2) is 36.9 Å². The standard InChI is InChI=1S/C10H12N2S.C10H17NO2/c1-7(11)6-10-12-8-4-2-3-5-9(8)13-10;1-3-7-13-10(12)11-6-4-5-9(2)8-11/h2-5,7H,6,11H2,1H3;3,9H,1,4-8H2,2H3. The minimum Gasteiger partial charge on any atom is -0.445 e. The van der Waals surface area contributed by atoms with E-state index in [-0.39, 0.29) is 12.1 Å². The van der Waals surface area contributed by atoms with Crippen LogP contribution in [0, 0.1) is 5.92 Å². The lowest BCUT2D eigenvalue weighted by molar-refractivity contribution is 0.0949. The number of carbonyl (C=O) groups excluding carboxylic acids is 1. The fourth-order valence-electron chi connectivity index (χ4n) is 2.86. The molecule has 0 saturated carbocycles. The number of hydrogen-bond acceptors (Lipinski definition) is 5. The molecule has 1 saturated heterocycles. The van der Waals surface area contributed by atoms with Gasteiger partial charge in [0.1, 0.15) is 6.61 Å². The molecule has 1 amide bonds. The Kier molecular flexibility index (Phi) is 8.06. The summed E-state index contributed by atoms with van der Waals surface area (Å²) in [6.45, 7) is 9.63. The number of fused-ring (bicyclic) bond motifs is 1. The fourth-order valence-corrected chi connectivity index (χ4v) is 3.97. The summed E-state index contributed by atoms with van der Waals surface area (Å²) < 4.78 is 6.20. The summed E-state index contributed by atoms with van der Waals surface area (Å²) in [4.78, 5) is 17.6. The number of para-hydroxylation sites is 1. The molecule has 142 valence electrons. The van der Waals surface area contributed by atoms with E-state index in [1.54, 1.807) is 22.3 Å². The first-order valence-corrected chi connectivity index (χ1v) is 9.94. The van der Waals surface area contributed by atoms with Gasteiger partial charge in [-0.2, -0.15) is 0 Å². The summed E-state index contributed by atoms with van der Waals surface area (Å²) in [5, 5.41) is 1.14. The van der Waals surface area contributed by atoms with Crippen LogP contribution in [0.3, 0.4) is 0 Å². The highest BCUT2D eigenvalue weighted by Gasteiger charge is 2.21. The molecule has 2 unspecified atom stereocenters. The number of piperidine rings is 1. The number of amides is 1. The van der Waals surface area contributed by atoms with Gasteiger partial charge in [-0.05, 0) is 37.8 Å². The Bertz CT molecular complexity index is 681. The third-order valence-electron chi connectivity index (χ3n) is 4.07. The van der Waals surface area contributed by atoms with Crippen LogP contribution in [0.5, 0.6) is 0 Å². The maximum atomic E-state index is 11.4. The maximum Gasteiger partial charge on any atom is 0.410 e. The number of ether oxygens (including phenoxy) is 1. The van der Waals surface area contributed by atoms with Gasteiger partial charge in [0.2, 0.25) is 0 Å². The van der Waals surface area contributed by atoms with E-state index in [0.717, 1.165) is 36.5 Å². The van der Waals surface area contributed by atoms with Crippen LogP contribution in [0.25, 0.3) is 10.2 Å². The SMILES string of the molecule is C=CCOC(=O)N1CCCC(C)C1.CC(N)Cc1nc2ccccc2s1. The monoisotopic (exact) mass is 375 g/mol. The molecule has 1 fully saturated rings. The zero-order chi connectivity index (χ0) is 18.9. The van der Waals surface area contributed by atoms with Gasteiger partial charge in [-0.3, -0.25) is 0 Å². The number of thiazole rings is 1. The lowest BCUT2D eigenvalue weighted by Crippen LogP contribution is -2.39. The topological polar surface area (TPSA) is 68.5 Å². The summed E-state index contributed by atoms with van der Waals surface area (Å²) in [6, 6.07) is 8.38. The number of nitrogens with zero attached hydrogens (tertiary/aromatic N) is 2. The molecular weight excluding hydrogens is 346 g/mol. The smallest absolute Gasteiger partial charge is 0.410 e. The van der Waals surface area contributed by atoms with Gasteiger partial charge >= 0.3 is 6.09 Å². The number of rotatable bonds is 4. The van der Waals surface area contributed by atoms with Crippen LogP contribution < -0.4 is 5.73 Å². The molecule has 1 aromatic heterocycles. The van der Waals surface area contributed by atoms with Crippen molar-refractivity contribution in [2.45, 2.75) is 39.2 Å². The number of hydrogen-bond donors (Lipinski definition) is 1. The summed E-state index contributed by atoms with van der Waals surface area (Å²) in [5.41, 5.74) is 6.80. The molecule has 3 rings (SSSR count). The van der Waals surface area contributed by atoms with Crippen LogP contribution in [0.1, 0.15) is 31.7 Å². The van der Waals surface area contributed by atoms with Gasteiger partial charge in [0.15, 0.2) is 0 Å². The van der Waals surface area contributed by atoms with Gasteiger partial charge in [-0.25, -0.2) is 9.78 Å². The van der Waals surface area contributed by atoms with Crippen molar-refractivity contribution in [1.82, 2.24) is 9.88 Å². The Hall–Kier alpha value is -1.92. The molecule has 26 heavy (non-hydrogen) atoms. The van der Waals surface area contributed by atoms with E-state index in [9.17, 15) is 4.79 Å². The molecule has 0 radical (unpaired) electrons. The zero-order valence-corrected chi connectivity index (χ0v) is 16.5. The average molecular weight is 376 g/mol. The Morgan fingerprint density at radius 3 is 2.96 bits per heavy atom. The van der Waals surface area contributed by atoms with Crippen LogP contribution in [0.2, 0.25) is 0 Å². The summed E-state index contributed by atoms with van der Waals surface area (Å²) in [6.07, 6.45) is 4.56. The minimum atomic E-state index is -0.202. The van der Waals surface area contributed by atoms with Crippen molar-refractivity contribution in [3.05, 3.63) is 41.9 Å². The highest BCUT2D eigenvalue weighted by molar-refractivity contribution is 7.18. The molecule has 0 aliphatic carbocycles. The second kappa shape index (κ2) is 10.3. The van der Waals surface area contributed by atoms with Crippen LogP contribution in [-0.2, 0) is 11.2 Å². The second-order valence-corrected chi connectivity index (χ2v) is 7.93. The molecule has 1 aliphatic heterocycles. The second-order valence-electron chi connectivity index (χ2n) is 6.82. The van der Waals surface area contributed by atoms with E-state index < -0.39 is 0 Å². The van der Waals surface area contributed by atoms with Crippen molar-refractivity contribution in [2.24, 2.45) is 11.7 Å². The lowest BCUT2D eigenvalue weighted by atomic mass is 10.0. The largest absolute Gasteiger partial charge is 0.445 e. The van der Waals surface area contributed by atoms with Crippen LogP contribution in [0.4, 0.5) is 4.79 Å². The number of aromatic nitrogens is 1. The predicted octanol–water partition coefficient (Wildman–Crippen LogP) is 4.23.